The van der Waals surface area contributed by atoms with Crippen LogP contribution in [0, 0.1) is 23.7 Å². The maximum atomic E-state index is 12.7. The molecule has 0 amide bonds. The normalized spacial score (nSPS) is 29.8. The SMILES string of the molecule is CC[C@H]1O[C@@H](c2c[nH]c(=O)[nH]c2=O)[C@@H](O[Si](C)(C)C(C)(C)C)C1C.CC[C@H]1O[C@@H](c2cn(CC3CC3)c(=O)[nH]c2=O)[C@@H](O[Si](C)(C)C(C)(C)C)C1C.O=c1[nH]c(=O)n(CC2CC2)cc1[C@@H]1O[C@H](CO)C(O)[C@@H]1O.O=c1[nH]cc([C@@H]2O[C@H](CO)C(O)[C@@H]2O)c(=O)[nH]1.[2H]CF. The van der Waals surface area contributed by atoms with E-state index >= 15 is 0 Å². The molecule has 12 N–H and O–H groups in total. The highest BCUT2D eigenvalue weighted by Gasteiger charge is 2.52. The highest BCUT2D eigenvalue weighted by Crippen LogP contribution is 2.47. The van der Waals surface area contributed by atoms with E-state index in [1.54, 1.807) is 10.8 Å². The van der Waals surface area contributed by atoms with E-state index in [9.17, 15) is 63.2 Å². The standard InChI is InChI=1S/C21H36N2O4Si.C17H30N2O4Si.C13H18N2O6.C9H12N2O6.CH3F/c1-8-16-13(2)17(27-28(6,7)21(3,4)5)18(26-16)15-12-23(11-14-9-10-14)20(25)22-19(15)24;1-8-12-10(2)13(23-24(6,7)17(3,4)5)14(22-12)11-9-18-16(21)19-15(11)20;16-5-8-9(17)10(18)11(21-8)7-4-15(3-6-1-2-6)13(20)14-12(7)19;12-2-4-5(13)6(14)7(17-4)3-1-10-9(16)11-8(3)15;1-2/h12-14,16-18H,8-11H2,1-7H3,(H,22,24,25);9-10,12-14H,8H2,1-7H3,(H2,18,19,20,21);4,6,8-11,16-18H,1-3,5H2,(H,14,19,20);1,4-7,12-14H,2H2,(H2,10,11,15,16);1H3/t13?,16-,17+,18+;10?,12-,13+,14+;8-,9?,10+,11+;4-,5?,6+,7+;/m1111./s1/i;;;;1D. The van der Waals surface area contributed by atoms with Crippen LogP contribution in [-0.2, 0) is 40.9 Å². The number of nitrogens with zero attached hydrogens (tertiary/aromatic N) is 2. The molecule has 0 aromatic carbocycles. The van der Waals surface area contributed by atoms with Crippen LogP contribution in [0.15, 0.2) is 63.1 Å². The van der Waals surface area contributed by atoms with Gasteiger partial charge in [0.1, 0.15) is 61.0 Å². The Labute approximate surface area is 535 Å². The van der Waals surface area contributed by atoms with E-state index in [4.69, 9.17) is 39.4 Å². The van der Waals surface area contributed by atoms with Crippen molar-refractivity contribution in [1.29, 1.82) is 0 Å². The highest BCUT2D eigenvalue weighted by atomic mass is 28.4. The minimum absolute atomic E-state index is 0.00731. The summed E-state index contributed by atoms with van der Waals surface area (Å²) < 4.78 is 54.9. The average molecular weight is 1340 g/mol. The topological polar surface area (TPSA) is 418 Å². The lowest BCUT2D eigenvalue weighted by Gasteiger charge is -2.40. The van der Waals surface area contributed by atoms with Crippen LogP contribution in [0.3, 0.4) is 0 Å². The molecule has 10 rings (SSSR count). The molecule has 8 heterocycles. The lowest BCUT2D eigenvalue weighted by Crippen LogP contribution is -2.47. The van der Waals surface area contributed by atoms with Gasteiger partial charge in [0.05, 0.1) is 68.4 Å². The third-order valence-corrected chi connectivity index (χ3v) is 28.1. The third kappa shape index (κ3) is 17.7. The molecule has 518 valence electrons. The first-order valence-corrected chi connectivity index (χ1v) is 37.3. The van der Waals surface area contributed by atoms with Crippen molar-refractivity contribution in [3.63, 3.8) is 0 Å². The predicted molar refractivity (Wildman–Crippen MR) is 342 cm³/mol. The molecule has 0 bridgehead atoms. The van der Waals surface area contributed by atoms with Crippen molar-refractivity contribution >= 4 is 16.6 Å². The molecule has 4 aliphatic heterocycles. The van der Waals surface area contributed by atoms with Gasteiger partial charge in [-0.3, -0.25) is 52.6 Å². The lowest BCUT2D eigenvalue weighted by atomic mass is 9.95. The van der Waals surface area contributed by atoms with Crippen molar-refractivity contribution in [3.8, 4) is 0 Å². The maximum absolute atomic E-state index is 12.7. The Hall–Kier alpha value is -5.40. The van der Waals surface area contributed by atoms with Gasteiger partial charge >= 0.3 is 22.8 Å². The summed E-state index contributed by atoms with van der Waals surface area (Å²) in [6.45, 7) is 30.8. The third-order valence-electron chi connectivity index (χ3n) is 19.1. The first kappa shape index (κ1) is 74.0. The minimum Gasteiger partial charge on any atom is -0.411 e. The number of H-pyrrole nitrogens is 6. The first-order chi connectivity index (χ1) is 43.4. The molecule has 4 aromatic rings. The summed E-state index contributed by atoms with van der Waals surface area (Å²) in [5.41, 5.74) is -3.10. The van der Waals surface area contributed by atoms with Crippen molar-refractivity contribution in [3.05, 3.63) is 130 Å². The van der Waals surface area contributed by atoms with Crippen LogP contribution in [0.2, 0.25) is 36.3 Å². The Balaban J connectivity index is 0.000000196. The van der Waals surface area contributed by atoms with Gasteiger partial charge in [-0.05, 0) is 86.6 Å². The van der Waals surface area contributed by atoms with Gasteiger partial charge < -0.3 is 68.4 Å². The fourth-order valence-corrected chi connectivity index (χ4v) is 13.8. The van der Waals surface area contributed by atoms with Gasteiger partial charge in [-0.2, -0.15) is 0 Å². The number of aliphatic hydroxyl groups excluding tert-OH is 6. The van der Waals surface area contributed by atoms with E-state index < -0.39 is 132 Å². The van der Waals surface area contributed by atoms with Crippen LogP contribution in [-0.4, -0.2) is 168 Å². The quantitative estimate of drug-likeness (QED) is 0.0717. The Morgan fingerprint density at radius 2 is 0.837 bits per heavy atom. The summed E-state index contributed by atoms with van der Waals surface area (Å²) in [6, 6.07) is 0. The number of ether oxygens (including phenoxy) is 4. The van der Waals surface area contributed by atoms with Gasteiger partial charge in [-0.15, -0.1) is 0 Å². The number of hydrogen-bond donors (Lipinski definition) is 12. The van der Waals surface area contributed by atoms with Crippen molar-refractivity contribution < 1.29 is 64.2 Å². The van der Waals surface area contributed by atoms with Gasteiger partial charge in [0.25, 0.3) is 22.2 Å². The minimum atomic E-state index is -2.05. The molecule has 28 nitrogen and oxygen atoms in total. The van der Waals surface area contributed by atoms with Crippen LogP contribution in [0.1, 0.15) is 156 Å². The smallest absolute Gasteiger partial charge is 0.328 e. The number of nitrogens with one attached hydrogen (secondary N) is 6. The molecule has 0 radical (unpaired) electrons. The van der Waals surface area contributed by atoms with E-state index in [0.717, 1.165) is 44.7 Å². The largest absolute Gasteiger partial charge is 0.411 e. The molecule has 4 saturated heterocycles. The zero-order valence-electron chi connectivity index (χ0n) is 56.2. The molecule has 2 saturated carbocycles. The van der Waals surface area contributed by atoms with E-state index in [-0.39, 0.29) is 68.7 Å². The molecular weight excluding hydrogens is 1240 g/mol. The summed E-state index contributed by atoms with van der Waals surface area (Å²) in [7, 11) is -5.07. The van der Waals surface area contributed by atoms with Crippen molar-refractivity contribution in [2.45, 2.75) is 243 Å². The molecule has 92 heavy (non-hydrogen) atoms. The highest BCUT2D eigenvalue weighted by molar-refractivity contribution is 6.74. The van der Waals surface area contributed by atoms with E-state index in [2.05, 4.69) is 120 Å². The van der Waals surface area contributed by atoms with E-state index in [1.807, 2.05) is 4.98 Å². The lowest BCUT2D eigenvalue weighted by molar-refractivity contribution is -0.0233. The Kier molecular flexibility index (Phi) is 24.9. The number of rotatable bonds is 16. The second-order valence-electron chi connectivity index (χ2n) is 27.9. The summed E-state index contributed by atoms with van der Waals surface area (Å²) in [6.07, 6.45) is 1.33. The van der Waals surface area contributed by atoms with Gasteiger partial charge in [0.2, 0.25) is 0 Å². The average Bonchev–Trinajstić information content (AvgIpc) is 1.71. The molecule has 16 atom stereocenters. The Morgan fingerprint density at radius 3 is 1.14 bits per heavy atom. The van der Waals surface area contributed by atoms with E-state index in [0.29, 0.717) is 36.1 Å². The Bertz CT molecular complexity index is 3610. The second kappa shape index (κ2) is 31.0. The van der Waals surface area contributed by atoms with Crippen LogP contribution in [0.25, 0.3) is 0 Å². The molecule has 2 aliphatic carbocycles. The first-order valence-electron chi connectivity index (χ1n) is 32.2. The van der Waals surface area contributed by atoms with E-state index in [1.165, 1.54) is 17.0 Å². The van der Waals surface area contributed by atoms with Crippen molar-refractivity contribution in [1.82, 2.24) is 39.0 Å². The second-order valence-corrected chi connectivity index (χ2v) is 37.4. The van der Waals surface area contributed by atoms with Crippen molar-refractivity contribution in [2.75, 3.05) is 20.4 Å². The summed E-state index contributed by atoms with van der Waals surface area (Å²) in [4.78, 5) is 108. The number of alkyl halides is 1. The predicted octanol–water partition coefficient (Wildman–Crippen LogP) is 2.67. The molecule has 6 aliphatic rings. The molecule has 4 aromatic heterocycles. The number of aromatic amines is 6. The monoisotopic (exact) mass is 1340 g/mol. The number of hydrogen-bond acceptors (Lipinski definition) is 20. The molecule has 31 heteroatoms. The zero-order valence-corrected chi connectivity index (χ0v) is 57.2. The zero-order chi connectivity index (χ0) is 69.6. The van der Waals surface area contributed by atoms with Crippen LogP contribution >= 0.6 is 0 Å². The fourth-order valence-electron chi connectivity index (χ4n) is 11.0. The van der Waals surface area contributed by atoms with Crippen LogP contribution < -0.4 is 45.0 Å². The van der Waals surface area contributed by atoms with Crippen LogP contribution in [0.4, 0.5) is 4.39 Å². The summed E-state index contributed by atoms with van der Waals surface area (Å²) in [5, 5.41) is 57.0. The van der Waals surface area contributed by atoms with Gasteiger partial charge in [-0.1, -0.05) is 69.2 Å². The van der Waals surface area contributed by atoms with Gasteiger partial charge in [-0.25, -0.2) is 19.2 Å². The molecular formula is C61H99FN8O20Si2. The Morgan fingerprint density at radius 1 is 0.533 bits per heavy atom. The van der Waals surface area contributed by atoms with Crippen molar-refractivity contribution in [2.24, 2.45) is 23.7 Å². The van der Waals surface area contributed by atoms with Crippen LogP contribution in [0.5, 0.6) is 0 Å². The number of aromatic nitrogens is 8. The molecule has 4 unspecified atom stereocenters. The van der Waals surface area contributed by atoms with Gasteiger partial charge in [0, 0.05) is 49.7 Å². The molecule has 6 fully saturated rings. The number of halogens is 1. The number of aliphatic hydroxyl groups is 6. The van der Waals surface area contributed by atoms with Gasteiger partial charge in [0.15, 0.2) is 16.6 Å². The maximum Gasteiger partial charge on any atom is 0.328 e. The summed E-state index contributed by atoms with van der Waals surface area (Å²) >= 11 is 0. The molecule has 0 spiro atoms. The fraction of sp³-hybridized carbons (Fsp3) is 0.738. The summed E-state index contributed by atoms with van der Waals surface area (Å²) in [5.74, 6) is 1.35.